The molecule has 0 spiro atoms. The van der Waals surface area contributed by atoms with Crippen LogP contribution < -0.4 is 5.32 Å². The molecule has 22 heavy (non-hydrogen) atoms. The Bertz CT molecular complexity index is 681. The summed E-state index contributed by atoms with van der Waals surface area (Å²) < 4.78 is 26.8. The van der Waals surface area contributed by atoms with Crippen molar-refractivity contribution in [2.24, 2.45) is 0 Å². The molecule has 1 aromatic heterocycles. The Labute approximate surface area is 130 Å². The zero-order valence-corrected chi connectivity index (χ0v) is 13.7. The zero-order valence-electron chi connectivity index (χ0n) is 12.8. The van der Waals surface area contributed by atoms with Crippen LogP contribution in [-0.4, -0.2) is 53.8 Å². The lowest BCUT2D eigenvalue weighted by Crippen LogP contribution is -2.36. The molecule has 1 aromatic rings. The van der Waals surface area contributed by atoms with Gasteiger partial charge in [0.05, 0.1) is 22.7 Å². The van der Waals surface area contributed by atoms with Crippen LogP contribution in [0.3, 0.4) is 0 Å². The Kier molecular flexibility index (Phi) is 4.22. The number of amides is 1. The predicted molar refractivity (Wildman–Crippen MR) is 82.2 cm³/mol. The zero-order chi connectivity index (χ0) is 15.7. The molecule has 8 heteroatoms. The van der Waals surface area contributed by atoms with Crippen molar-refractivity contribution >= 4 is 15.9 Å². The summed E-state index contributed by atoms with van der Waals surface area (Å²) >= 11 is 0. The van der Waals surface area contributed by atoms with E-state index in [1.807, 2.05) is 11.6 Å². The minimum Gasteiger partial charge on any atom is -0.351 e. The number of rotatable bonds is 4. The summed E-state index contributed by atoms with van der Waals surface area (Å²) in [6, 6.07) is 0. The van der Waals surface area contributed by atoms with Crippen molar-refractivity contribution in [2.45, 2.75) is 39.2 Å². The number of hydrogen-bond donors (Lipinski definition) is 1. The Hall–Kier alpha value is -1.41. The maximum Gasteiger partial charge on any atom is 0.255 e. The molecule has 3 rings (SSSR count). The molecule has 1 saturated heterocycles. The average Bonchev–Trinajstić information content (AvgIpc) is 2.97. The molecular formula is C14H22N4O3S. The summed E-state index contributed by atoms with van der Waals surface area (Å²) in [5, 5.41) is 7.27. The highest BCUT2D eigenvalue weighted by molar-refractivity contribution is 7.89. The van der Waals surface area contributed by atoms with E-state index in [1.165, 1.54) is 4.31 Å². The first-order valence-electron chi connectivity index (χ1n) is 7.81. The molecule has 1 N–H and O–H groups in total. The van der Waals surface area contributed by atoms with Gasteiger partial charge in [-0.25, -0.2) is 12.7 Å². The van der Waals surface area contributed by atoms with Gasteiger partial charge in [0.2, 0.25) is 10.0 Å². The van der Waals surface area contributed by atoms with Crippen LogP contribution in [-0.2, 0) is 23.0 Å². The van der Waals surface area contributed by atoms with Crippen LogP contribution in [0.4, 0.5) is 0 Å². The maximum absolute atomic E-state index is 12.4. The maximum atomic E-state index is 12.4. The third-order valence-corrected chi connectivity index (χ3v) is 6.30. The van der Waals surface area contributed by atoms with E-state index in [0.29, 0.717) is 31.6 Å². The Balaban J connectivity index is 1.62. The first-order chi connectivity index (χ1) is 10.5. The second-order valence-electron chi connectivity index (χ2n) is 5.91. The number of nitrogens with one attached hydrogen (secondary N) is 1. The lowest BCUT2D eigenvalue weighted by Gasteiger charge is -2.16. The van der Waals surface area contributed by atoms with Crippen LogP contribution in [0.1, 0.15) is 41.0 Å². The molecule has 122 valence electrons. The summed E-state index contributed by atoms with van der Waals surface area (Å²) in [5.74, 6) is 0.0778. The van der Waals surface area contributed by atoms with Gasteiger partial charge in [0, 0.05) is 26.2 Å². The largest absolute Gasteiger partial charge is 0.351 e. The number of hydrogen-bond acceptors (Lipinski definition) is 4. The molecule has 0 unspecified atom stereocenters. The van der Waals surface area contributed by atoms with Gasteiger partial charge in [-0.15, -0.1) is 0 Å². The van der Waals surface area contributed by atoms with Crippen LogP contribution in [0.5, 0.6) is 0 Å². The van der Waals surface area contributed by atoms with Gasteiger partial charge in [0.15, 0.2) is 0 Å². The van der Waals surface area contributed by atoms with E-state index >= 15 is 0 Å². The fourth-order valence-corrected chi connectivity index (χ4v) is 4.77. The van der Waals surface area contributed by atoms with Crippen molar-refractivity contribution < 1.29 is 13.2 Å². The summed E-state index contributed by atoms with van der Waals surface area (Å²) in [5.41, 5.74) is 2.43. The molecule has 0 aliphatic carbocycles. The molecular weight excluding hydrogens is 304 g/mol. The third kappa shape index (κ3) is 2.89. The van der Waals surface area contributed by atoms with Crippen LogP contribution >= 0.6 is 0 Å². The van der Waals surface area contributed by atoms with Gasteiger partial charge in [0.25, 0.3) is 5.91 Å². The number of aromatic nitrogens is 2. The van der Waals surface area contributed by atoms with Gasteiger partial charge in [-0.1, -0.05) is 0 Å². The second-order valence-corrected chi connectivity index (χ2v) is 8.00. The number of carbonyl (C=O) groups is 1. The molecule has 1 fully saturated rings. The first-order valence-corrected chi connectivity index (χ1v) is 9.42. The highest BCUT2D eigenvalue weighted by atomic mass is 32.2. The molecule has 0 bridgehead atoms. The SMILES string of the molecule is Cc1nn2c(c1C(=O)NCCN1CCCS1(=O)=O)CCCC2. The molecule has 7 nitrogen and oxygen atoms in total. The predicted octanol–water partition coefficient (Wildman–Crippen LogP) is 0.293. The van der Waals surface area contributed by atoms with Crippen LogP contribution in [0.2, 0.25) is 0 Å². The smallest absolute Gasteiger partial charge is 0.255 e. The third-order valence-electron chi connectivity index (χ3n) is 4.34. The van der Waals surface area contributed by atoms with E-state index in [9.17, 15) is 13.2 Å². The first kappa shape index (κ1) is 15.5. The highest BCUT2D eigenvalue weighted by Gasteiger charge is 2.28. The number of fused-ring (bicyclic) bond motifs is 1. The Morgan fingerprint density at radius 1 is 1.27 bits per heavy atom. The summed E-state index contributed by atoms with van der Waals surface area (Å²) in [6.45, 7) is 3.96. The van der Waals surface area contributed by atoms with Gasteiger partial charge in [-0.2, -0.15) is 5.10 Å². The quantitative estimate of drug-likeness (QED) is 0.862. The fourth-order valence-electron chi connectivity index (χ4n) is 3.24. The fraction of sp³-hybridized carbons (Fsp3) is 0.714. The van der Waals surface area contributed by atoms with Gasteiger partial charge < -0.3 is 5.32 Å². The van der Waals surface area contributed by atoms with Crippen molar-refractivity contribution in [3.8, 4) is 0 Å². The van der Waals surface area contributed by atoms with Gasteiger partial charge in [0.1, 0.15) is 0 Å². The molecule has 2 aliphatic heterocycles. The second kappa shape index (κ2) is 6.00. The van der Waals surface area contributed by atoms with Crippen LogP contribution in [0.25, 0.3) is 0 Å². The van der Waals surface area contributed by atoms with E-state index in [4.69, 9.17) is 0 Å². The molecule has 0 aromatic carbocycles. The minimum absolute atomic E-state index is 0.141. The molecule has 0 radical (unpaired) electrons. The number of nitrogens with zero attached hydrogens (tertiary/aromatic N) is 3. The average molecular weight is 326 g/mol. The van der Waals surface area contributed by atoms with Crippen molar-refractivity contribution in [1.29, 1.82) is 0 Å². The van der Waals surface area contributed by atoms with E-state index in [2.05, 4.69) is 10.4 Å². The number of aryl methyl sites for hydroxylation is 2. The molecule has 2 aliphatic rings. The number of sulfonamides is 1. The van der Waals surface area contributed by atoms with Crippen molar-refractivity contribution in [3.05, 3.63) is 17.0 Å². The molecule has 3 heterocycles. The van der Waals surface area contributed by atoms with Gasteiger partial charge >= 0.3 is 0 Å². The lowest BCUT2D eigenvalue weighted by atomic mass is 10.0. The topological polar surface area (TPSA) is 84.3 Å². The Morgan fingerprint density at radius 3 is 2.82 bits per heavy atom. The Morgan fingerprint density at radius 2 is 2.09 bits per heavy atom. The molecule has 0 atom stereocenters. The van der Waals surface area contributed by atoms with E-state index in [-0.39, 0.29) is 11.7 Å². The summed E-state index contributed by atoms with van der Waals surface area (Å²) in [4.78, 5) is 12.4. The van der Waals surface area contributed by atoms with E-state index in [0.717, 1.165) is 37.2 Å². The van der Waals surface area contributed by atoms with Crippen LogP contribution in [0, 0.1) is 6.92 Å². The van der Waals surface area contributed by atoms with Crippen molar-refractivity contribution in [2.75, 3.05) is 25.4 Å². The van der Waals surface area contributed by atoms with Crippen LogP contribution in [0.15, 0.2) is 0 Å². The highest BCUT2D eigenvalue weighted by Crippen LogP contribution is 2.21. The standard InChI is InChI=1S/C14H22N4O3S/c1-11-13(12-5-2-3-8-18(12)16-11)14(19)15-6-9-17-7-4-10-22(17,20)21/h2-10H2,1H3,(H,15,19). The van der Waals surface area contributed by atoms with Gasteiger partial charge in [-0.05, 0) is 32.6 Å². The van der Waals surface area contributed by atoms with Crippen molar-refractivity contribution in [1.82, 2.24) is 19.4 Å². The summed E-state index contributed by atoms with van der Waals surface area (Å²) in [6.07, 6.45) is 3.73. The van der Waals surface area contributed by atoms with Gasteiger partial charge in [-0.3, -0.25) is 9.48 Å². The lowest BCUT2D eigenvalue weighted by molar-refractivity contribution is 0.0950. The molecule has 1 amide bonds. The number of carbonyl (C=O) groups excluding carboxylic acids is 1. The minimum atomic E-state index is -3.10. The van der Waals surface area contributed by atoms with E-state index in [1.54, 1.807) is 0 Å². The summed E-state index contributed by atoms with van der Waals surface area (Å²) in [7, 11) is -3.10. The molecule has 0 saturated carbocycles. The van der Waals surface area contributed by atoms with E-state index < -0.39 is 10.0 Å². The van der Waals surface area contributed by atoms with Crippen molar-refractivity contribution in [3.63, 3.8) is 0 Å². The monoisotopic (exact) mass is 326 g/mol. The normalized spacial score (nSPS) is 20.8.